The first-order valence-corrected chi connectivity index (χ1v) is 9.10. The van der Waals surface area contributed by atoms with Crippen LogP contribution in [0.15, 0.2) is 36.4 Å². The van der Waals surface area contributed by atoms with Crippen LogP contribution in [0.2, 0.25) is 0 Å². The lowest BCUT2D eigenvalue weighted by Crippen LogP contribution is -2.27. The van der Waals surface area contributed by atoms with Gasteiger partial charge in [-0.05, 0) is 44.2 Å². The zero-order chi connectivity index (χ0) is 18.7. The highest BCUT2D eigenvalue weighted by Crippen LogP contribution is 2.17. The number of nitrogens with zero attached hydrogens (tertiary/aromatic N) is 3. The minimum absolute atomic E-state index is 0.0725. The van der Waals surface area contributed by atoms with Crippen molar-refractivity contribution in [1.82, 2.24) is 19.9 Å². The van der Waals surface area contributed by atoms with Crippen molar-refractivity contribution in [2.75, 3.05) is 6.54 Å². The number of nitrogens with one attached hydrogen (secondary N) is 1. The molecule has 1 N–H and O–H groups in total. The maximum Gasteiger partial charge on any atom is 0.220 e. The van der Waals surface area contributed by atoms with Crippen molar-refractivity contribution in [2.24, 2.45) is 0 Å². The second kappa shape index (κ2) is 7.68. The third-order valence-electron chi connectivity index (χ3n) is 4.86. The van der Waals surface area contributed by atoms with Gasteiger partial charge in [0.25, 0.3) is 0 Å². The molecule has 1 aromatic carbocycles. The number of hydrogen-bond donors (Lipinski definition) is 1. The molecule has 1 atom stereocenters. The second-order valence-corrected chi connectivity index (χ2v) is 6.93. The average molecular weight is 350 g/mol. The topological polar surface area (TPSA) is 59.3 Å². The zero-order valence-corrected chi connectivity index (χ0v) is 15.9. The number of carbonyl (C=O) groups is 1. The van der Waals surface area contributed by atoms with Crippen molar-refractivity contribution in [1.29, 1.82) is 0 Å². The van der Waals surface area contributed by atoms with Gasteiger partial charge in [0, 0.05) is 30.4 Å². The largest absolute Gasteiger partial charge is 0.355 e. The summed E-state index contributed by atoms with van der Waals surface area (Å²) < 4.78 is 1.87. The molecule has 0 aliphatic carbocycles. The molecule has 0 saturated carbocycles. The maximum absolute atomic E-state index is 12.3. The molecule has 0 aliphatic rings. The van der Waals surface area contributed by atoms with E-state index in [0.29, 0.717) is 25.3 Å². The molecule has 2 aromatic heterocycles. The summed E-state index contributed by atoms with van der Waals surface area (Å²) in [4.78, 5) is 16.9. The molecule has 0 spiro atoms. The van der Waals surface area contributed by atoms with Gasteiger partial charge in [-0.25, -0.2) is 9.50 Å². The van der Waals surface area contributed by atoms with Crippen LogP contribution in [-0.2, 0) is 11.2 Å². The van der Waals surface area contributed by atoms with Crippen LogP contribution in [-0.4, -0.2) is 27.0 Å². The highest BCUT2D eigenvalue weighted by atomic mass is 16.1. The fraction of sp³-hybridized carbons (Fsp3) is 0.381. The maximum atomic E-state index is 12.3. The van der Waals surface area contributed by atoms with Crippen LogP contribution in [0.3, 0.4) is 0 Å². The number of amides is 1. The molecule has 0 fully saturated rings. The van der Waals surface area contributed by atoms with E-state index in [-0.39, 0.29) is 5.91 Å². The van der Waals surface area contributed by atoms with Gasteiger partial charge in [-0.1, -0.05) is 37.3 Å². The van der Waals surface area contributed by atoms with Crippen molar-refractivity contribution in [3.8, 4) is 0 Å². The fourth-order valence-electron chi connectivity index (χ4n) is 3.30. The van der Waals surface area contributed by atoms with Crippen molar-refractivity contribution >= 4 is 11.6 Å². The van der Waals surface area contributed by atoms with Gasteiger partial charge in [0.15, 0.2) is 5.65 Å². The van der Waals surface area contributed by atoms with Crippen molar-refractivity contribution in [3.63, 3.8) is 0 Å². The predicted octanol–water partition coefficient (Wildman–Crippen LogP) is 3.51. The number of fused-ring (bicyclic) bond motifs is 1. The first-order valence-electron chi connectivity index (χ1n) is 9.10. The summed E-state index contributed by atoms with van der Waals surface area (Å²) in [6.45, 7) is 8.78. The van der Waals surface area contributed by atoms with Gasteiger partial charge in [-0.3, -0.25) is 4.79 Å². The lowest BCUT2D eigenvalue weighted by molar-refractivity contribution is -0.121. The number of benzene rings is 1. The van der Waals surface area contributed by atoms with Gasteiger partial charge in [0.1, 0.15) is 0 Å². The van der Waals surface area contributed by atoms with Crippen LogP contribution < -0.4 is 5.32 Å². The Kier molecular flexibility index (Phi) is 5.35. The Balaban J connectivity index is 1.60. The molecule has 3 aromatic rings. The summed E-state index contributed by atoms with van der Waals surface area (Å²) in [6, 6.07) is 12.2. The Morgan fingerprint density at radius 1 is 1.19 bits per heavy atom. The summed E-state index contributed by atoms with van der Waals surface area (Å²) in [7, 11) is 0. The number of carbonyl (C=O) groups excluding carboxylic acids is 1. The third-order valence-corrected chi connectivity index (χ3v) is 4.86. The monoisotopic (exact) mass is 350 g/mol. The summed E-state index contributed by atoms with van der Waals surface area (Å²) in [5.74, 6) is 0.372. The summed E-state index contributed by atoms with van der Waals surface area (Å²) in [6.07, 6.45) is 1.13. The van der Waals surface area contributed by atoms with Crippen LogP contribution in [0.1, 0.15) is 47.5 Å². The van der Waals surface area contributed by atoms with E-state index in [4.69, 9.17) is 0 Å². The summed E-state index contributed by atoms with van der Waals surface area (Å²) in [5, 5.41) is 7.54. The number of rotatable bonds is 6. The number of hydrogen-bond acceptors (Lipinski definition) is 3. The third kappa shape index (κ3) is 3.93. The van der Waals surface area contributed by atoms with E-state index in [1.807, 2.05) is 49.6 Å². The van der Waals surface area contributed by atoms with Crippen molar-refractivity contribution in [3.05, 3.63) is 64.6 Å². The predicted molar refractivity (Wildman–Crippen MR) is 103 cm³/mol. The molecule has 2 heterocycles. The van der Waals surface area contributed by atoms with E-state index in [1.54, 1.807) is 0 Å². The summed E-state index contributed by atoms with van der Waals surface area (Å²) in [5.41, 5.74) is 6.19. The number of aromatic nitrogens is 3. The van der Waals surface area contributed by atoms with Gasteiger partial charge in [-0.2, -0.15) is 5.10 Å². The van der Waals surface area contributed by atoms with Gasteiger partial charge in [0.2, 0.25) is 5.91 Å². The first-order chi connectivity index (χ1) is 12.5. The molecule has 136 valence electrons. The van der Waals surface area contributed by atoms with Crippen LogP contribution in [0.4, 0.5) is 0 Å². The second-order valence-electron chi connectivity index (χ2n) is 6.93. The van der Waals surface area contributed by atoms with E-state index in [9.17, 15) is 4.79 Å². The molecule has 1 unspecified atom stereocenters. The van der Waals surface area contributed by atoms with Crippen molar-refractivity contribution < 1.29 is 4.79 Å². The molecule has 0 radical (unpaired) electrons. The van der Waals surface area contributed by atoms with Crippen LogP contribution in [0.25, 0.3) is 5.65 Å². The summed E-state index contributed by atoms with van der Waals surface area (Å²) >= 11 is 0. The lowest BCUT2D eigenvalue weighted by atomic mass is 10.0. The van der Waals surface area contributed by atoms with Crippen LogP contribution in [0, 0.1) is 20.8 Å². The van der Waals surface area contributed by atoms with E-state index >= 15 is 0 Å². The fourth-order valence-corrected chi connectivity index (χ4v) is 3.30. The highest BCUT2D eigenvalue weighted by molar-refractivity contribution is 5.76. The standard InChI is InChI=1S/C21H26N4O/c1-14(18-8-6-5-7-9-18)13-22-21(26)11-10-19-16(3)23-20-12-15(2)24-25(20)17(19)4/h5-9,12,14H,10-11,13H2,1-4H3,(H,22,26). The van der Waals surface area contributed by atoms with Crippen LogP contribution in [0.5, 0.6) is 0 Å². The Labute approximate surface area is 154 Å². The normalized spacial score (nSPS) is 12.3. The van der Waals surface area contributed by atoms with Crippen molar-refractivity contribution in [2.45, 2.75) is 46.5 Å². The first kappa shape index (κ1) is 18.1. The van der Waals surface area contributed by atoms with Gasteiger partial charge in [-0.15, -0.1) is 0 Å². The highest BCUT2D eigenvalue weighted by Gasteiger charge is 2.13. The number of aryl methyl sites for hydroxylation is 3. The van der Waals surface area contributed by atoms with Crippen LogP contribution >= 0.6 is 0 Å². The Hall–Kier alpha value is -2.69. The minimum atomic E-state index is 0.0725. The molecule has 0 aliphatic heterocycles. The van der Waals surface area contributed by atoms with Gasteiger partial charge < -0.3 is 5.32 Å². The molecule has 1 amide bonds. The Morgan fingerprint density at radius 2 is 1.92 bits per heavy atom. The van der Waals surface area contributed by atoms with E-state index in [0.717, 1.165) is 28.3 Å². The molecule has 0 saturated heterocycles. The Bertz CT molecular complexity index is 915. The van der Waals surface area contributed by atoms with Gasteiger partial charge in [0.05, 0.1) is 5.69 Å². The Morgan fingerprint density at radius 3 is 2.65 bits per heavy atom. The lowest BCUT2D eigenvalue weighted by Gasteiger charge is -2.14. The quantitative estimate of drug-likeness (QED) is 0.740. The van der Waals surface area contributed by atoms with E-state index in [1.165, 1.54) is 5.56 Å². The smallest absolute Gasteiger partial charge is 0.220 e. The molecule has 0 bridgehead atoms. The molecule has 5 heteroatoms. The van der Waals surface area contributed by atoms with Gasteiger partial charge >= 0.3 is 0 Å². The SMILES string of the molecule is Cc1cc2nc(C)c(CCC(=O)NCC(C)c3ccccc3)c(C)n2n1. The van der Waals surface area contributed by atoms with E-state index < -0.39 is 0 Å². The molecule has 3 rings (SSSR count). The minimum Gasteiger partial charge on any atom is -0.355 e. The molecular formula is C21H26N4O. The zero-order valence-electron chi connectivity index (χ0n) is 15.9. The molecule has 26 heavy (non-hydrogen) atoms. The molecule has 5 nitrogen and oxygen atoms in total. The average Bonchev–Trinajstić information content (AvgIpc) is 3.00. The van der Waals surface area contributed by atoms with E-state index in [2.05, 4.69) is 34.5 Å². The molecular weight excluding hydrogens is 324 g/mol.